The first-order chi connectivity index (χ1) is 22.3. The molecule has 0 spiro atoms. The molecule has 0 aliphatic heterocycles. The molecule has 46 heavy (non-hydrogen) atoms. The number of anilines is 2. The van der Waals surface area contributed by atoms with Crippen molar-refractivity contribution in [1.29, 1.82) is 0 Å². The van der Waals surface area contributed by atoms with Crippen LogP contribution in [0.5, 0.6) is 0 Å². The standard InChI is InChI=1S/C19H18N4O.C17H16N4O/c1-23-18(24)13-17(22-19(23)20)12-15-6-4-5-14(11-15)8-9-16-7-2-3-10-21-16;18-17-20-15(10-16(22)21-17)7-6-12-3-1-4-13(9-12)14-5-2-8-19-11-14/h2-11,13H,12H2,1H3,(H2,20,22);1-5,8-11H,6-7H2,(H3,18,20,21,22)/b9-8+;. The molecular weight excluding hydrogens is 576 g/mol. The summed E-state index contributed by atoms with van der Waals surface area (Å²) < 4.78 is 1.33. The average Bonchev–Trinajstić information content (AvgIpc) is 3.06. The van der Waals surface area contributed by atoms with Crippen molar-refractivity contribution >= 4 is 24.0 Å². The number of aromatic nitrogens is 6. The zero-order chi connectivity index (χ0) is 32.3. The second-order valence-electron chi connectivity index (χ2n) is 10.6. The minimum Gasteiger partial charge on any atom is -0.369 e. The van der Waals surface area contributed by atoms with Gasteiger partial charge in [0.15, 0.2) is 0 Å². The molecule has 0 amide bonds. The molecule has 0 saturated heterocycles. The molecule has 0 atom stereocenters. The number of H-pyrrole nitrogens is 1. The Hall–Kier alpha value is -6.16. The maximum Gasteiger partial charge on any atom is 0.254 e. The predicted octanol–water partition coefficient (Wildman–Crippen LogP) is 4.72. The Morgan fingerprint density at radius 3 is 2.35 bits per heavy atom. The monoisotopic (exact) mass is 610 g/mol. The Labute approximate surface area is 266 Å². The normalized spacial score (nSPS) is 10.8. The summed E-state index contributed by atoms with van der Waals surface area (Å²) >= 11 is 0. The van der Waals surface area contributed by atoms with Crippen LogP contribution in [0.4, 0.5) is 11.9 Å². The highest BCUT2D eigenvalue weighted by Gasteiger charge is 2.05. The fourth-order valence-corrected chi connectivity index (χ4v) is 4.74. The predicted molar refractivity (Wildman–Crippen MR) is 183 cm³/mol. The van der Waals surface area contributed by atoms with Crippen molar-refractivity contribution in [2.75, 3.05) is 11.5 Å². The molecule has 0 aliphatic carbocycles. The van der Waals surface area contributed by atoms with Crippen molar-refractivity contribution in [3.8, 4) is 11.1 Å². The van der Waals surface area contributed by atoms with Crippen molar-refractivity contribution in [3.05, 3.63) is 164 Å². The van der Waals surface area contributed by atoms with Crippen LogP contribution < -0.4 is 22.6 Å². The van der Waals surface area contributed by atoms with Gasteiger partial charge in [-0.25, -0.2) is 9.97 Å². The van der Waals surface area contributed by atoms with Gasteiger partial charge in [0.1, 0.15) is 0 Å². The molecule has 10 heteroatoms. The molecule has 0 fully saturated rings. The number of aromatic amines is 1. The fourth-order valence-electron chi connectivity index (χ4n) is 4.74. The van der Waals surface area contributed by atoms with E-state index in [1.165, 1.54) is 22.3 Å². The largest absolute Gasteiger partial charge is 0.369 e. The first kappa shape index (κ1) is 31.3. The van der Waals surface area contributed by atoms with Gasteiger partial charge in [-0.15, -0.1) is 0 Å². The molecule has 6 rings (SSSR count). The van der Waals surface area contributed by atoms with E-state index in [1.54, 1.807) is 19.4 Å². The average molecular weight is 611 g/mol. The molecule has 6 aromatic rings. The van der Waals surface area contributed by atoms with Crippen LogP contribution in [-0.4, -0.2) is 29.5 Å². The van der Waals surface area contributed by atoms with Crippen LogP contribution in [0.25, 0.3) is 23.3 Å². The number of pyridine rings is 2. The van der Waals surface area contributed by atoms with Crippen molar-refractivity contribution in [2.45, 2.75) is 19.3 Å². The van der Waals surface area contributed by atoms with E-state index < -0.39 is 0 Å². The summed E-state index contributed by atoms with van der Waals surface area (Å²) in [5.41, 5.74) is 18.7. The van der Waals surface area contributed by atoms with E-state index in [9.17, 15) is 9.59 Å². The van der Waals surface area contributed by atoms with Gasteiger partial charge in [0.05, 0.1) is 17.1 Å². The summed E-state index contributed by atoms with van der Waals surface area (Å²) in [4.78, 5) is 42.4. The molecule has 4 heterocycles. The lowest BCUT2D eigenvalue weighted by atomic mass is 10.0. The van der Waals surface area contributed by atoms with Gasteiger partial charge in [0.2, 0.25) is 11.9 Å². The Morgan fingerprint density at radius 2 is 1.59 bits per heavy atom. The summed E-state index contributed by atoms with van der Waals surface area (Å²) in [7, 11) is 1.61. The van der Waals surface area contributed by atoms with Gasteiger partial charge in [-0.05, 0) is 64.9 Å². The number of nitrogens with two attached hydrogens (primary N) is 2. The highest BCUT2D eigenvalue weighted by atomic mass is 16.1. The SMILES string of the molecule is Cn1c(N)nc(Cc2cccc(/C=C/c3ccccn3)c2)cc1=O.Nc1nc(CCc2cccc(-c3cccnc3)c2)cc(=O)[nH]1. The number of nitrogens with one attached hydrogen (secondary N) is 1. The van der Waals surface area contributed by atoms with Gasteiger partial charge in [0.25, 0.3) is 11.1 Å². The minimum atomic E-state index is -0.216. The molecule has 0 saturated carbocycles. The zero-order valence-corrected chi connectivity index (χ0v) is 25.4. The van der Waals surface area contributed by atoms with E-state index in [4.69, 9.17) is 11.5 Å². The molecular formula is C36H34N8O2. The minimum absolute atomic E-state index is 0.149. The van der Waals surface area contributed by atoms with Gasteiger partial charge in [-0.1, -0.05) is 66.7 Å². The van der Waals surface area contributed by atoms with Gasteiger partial charge in [-0.3, -0.25) is 29.1 Å². The van der Waals surface area contributed by atoms with Crippen molar-refractivity contribution in [3.63, 3.8) is 0 Å². The lowest BCUT2D eigenvalue weighted by Gasteiger charge is -2.06. The third kappa shape index (κ3) is 8.93. The van der Waals surface area contributed by atoms with Crippen LogP contribution >= 0.6 is 0 Å². The number of hydrogen-bond acceptors (Lipinski definition) is 8. The fraction of sp³-hybridized carbons (Fsp3) is 0.111. The number of nitrogen functional groups attached to an aromatic ring is 2. The van der Waals surface area contributed by atoms with Crippen LogP contribution in [0.3, 0.4) is 0 Å². The quantitative estimate of drug-likeness (QED) is 0.223. The van der Waals surface area contributed by atoms with E-state index in [-0.39, 0.29) is 23.0 Å². The molecule has 10 nitrogen and oxygen atoms in total. The molecule has 4 aromatic heterocycles. The molecule has 2 aromatic carbocycles. The lowest BCUT2D eigenvalue weighted by Crippen LogP contribution is -2.21. The molecule has 0 aliphatic rings. The first-order valence-electron chi connectivity index (χ1n) is 14.7. The molecule has 5 N–H and O–H groups in total. The molecule has 230 valence electrons. The summed E-state index contributed by atoms with van der Waals surface area (Å²) in [6.07, 6.45) is 11.4. The van der Waals surface area contributed by atoms with Gasteiger partial charge in [0, 0.05) is 44.2 Å². The van der Waals surface area contributed by atoms with Crippen LogP contribution in [0.2, 0.25) is 0 Å². The Morgan fingerprint density at radius 1 is 0.761 bits per heavy atom. The third-order valence-corrected chi connectivity index (χ3v) is 7.10. The Balaban J connectivity index is 0.000000182. The van der Waals surface area contributed by atoms with Gasteiger partial charge in [-0.2, -0.15) is 0 Å². The topological polar surface area (TPSA) is 158 Å². The van der Waals surface area contributed by atoms with Gasteiger partial charge >= 0.3 is 0 Å². The van der Waals surface area contributed by atoms with Crippen molar-refractivity contribution < 1.29 is 0 Å². The van der Waals surface area contributed by atoms with Crippen LogP contribution in [-0.2, 0) is 26.3 Å². The summed E-state index contributed by atoms with van der Waals surface area (Å²) in [5.74, 6) is 0.385. The van der Waals surface area contributed by atoms with Gasteiger partial charge < -0.3 is 11.5 Å². The number of hydrogen-bond donors (Lipinski definition) is 3. The Kier molecular flexibility index (Phi) is 10.2. The third-order valence-electron chi connectivity index (χ3n) is 7.10. The van der Waals surface area contributed by atoms with Crippen LogP contribution in [0, 0.1) is 0 Å². The first-order valence-corrected chi connectivity index (χ1v) is 14.7. The van der Waals surface area contributed by atoms with E-state index in [0.29, 0.717) is 24.2 Å². The molecule has 0 radical (unpaired) electrons. The lowest BCUT2D eigenvalue weighted by molar-refractivity contribution is 0.825. The molecule has 0 bridgehead atoms. The number of rotatable bonds is 8. The van der Waals surface area contributed by atoms with E-state index in [0.717, 1.165) is 34.4 Å². The summed E-state index contributed by atoms with van der Waals surface area (Å²) in [6, 6.07) is 29.1. The van der Waals surface area contributed by atoms with Crippen molar-refractivity contribution in [2.24, 2.45) is 7.05 Å². The summed E-state index contributed by atoms with van der Waals surface area (Å²) in [5, 5.41) is 0. The van der Waals surface area contributed by atoms with Crippen LogP contribution in [0.1, 0.15) is 33.8 Å². The Bertz CT molecular complexity index is 2060. The number of benzene rings is 2. The number of aryl methyl sites for hydroxylation is 2. The van der Waals surface area contributed by atoms with E-state index in [2.05, 4.69) is 49.2 Å². The highest BCUT2D eigenvalue weighted by Crippen LogP contribution is 2.20. The second-order valence-corrected chi connectivity index (χ2v) is 10.6. The van der Waals surface area contributed by atoms with E-state index >= 15 is 0 Å². The molecule has 0 unspecified atom stereocenters. The van der Waals surface area contributed by atoms with Crippen molar-refractivity contribution in [1.82, 2.24) is 29.5 Å². The number of nitrogens with zero attached hydrogens (tertiary/aromatic N) is 5. The maximum atomic E-state index is 11.8. The zero-order valence-electron chi connectivity index (χ0n) is 25.4. The second kappa shape index (κ2) is 15.0. The smallest absolute Gasteiger partial charge is 0.254 e. The summed E-state index contributed by atoms with van der Waals surface area (Å²) in [6.45, 7) is 0. The highest BCUT2D eigenvalue weighted by molar-refractivity contribution is 5.68. The maximum absolute atomic E-state index is 11.8. The van der Waals surface area contributed by atoms with Crippen LogP contribution in [0.15, 0.2) is 119 Å². The van der Waals surface area contributed by atoms with E-state index in [1.807, 2.05) is 72.9 Å².